The molecule has 2 aliphatic heterocycles. The first kappa shape index (κ1) is 20.6. The zero-order chi connectivity index (χ0) is 20.8. The normalized spacial score (nSPS) is 19.3. The maximum Gasteiger partial charge on any atom is 0.255 e. The minimum atomic E-state index is -0.0162. The molecule has 1 amide bonds. The van der Waals surface area contributed by atoms with Gasteiger partial charge in [0.25, 0.3) is 5.91 Å². The molecule has 158 valence electrons. The molecule has 0 bridgehead atoms. The largest absolute Gasteiger partial charge is 0.332 e. The lowest BCUT2D eigenvalue weighted by molar-refractivity contribution is 0.0553. The van der Waals surface area contributed by atoms with Crippen molar-refractivity contribution in [2.24, 2.45) is 5.92 Å². The van der Waals surface area contributed by atoms with Crippen LogP contribution in [0.25, 0.3) is 0 Å². The van der Waals surface area contributed by atoms with Gasteiger partial charge in [0, 0.05) is 29.9 Å². The third-order valence-electron chi connectivity index (χ3n) is 6.53. The second-order valence-corrected chi connectivity index (χ2v) is 10.3. The molecular weight excluding hydrogens is 380 g/mol. The molecule has 5 nitrogen and oxygen atoms in total. The van der Waals surface area contributed by atoms with Crippen LogP contribution in [0.1, 0.15) is 74.1 Å². The number of aryl methyl sites for hydroxylation is 1. The maximum atomic E-state index is 13.3. The van der Waals surface area contributed by atoms with Gasteiger partial charge in [0.1, 0.15) is 5.82 Å². The molecule has 1 fully saturated rings. The highest BCUT2D eigenvalue weighted by Gasteiger charge is 2.46. The maximum absolute atomic E-state index is 13.3. The topological polar surface area (TPSA) is 41.4 Å². The molecule has 0 saturated carbocycles. The Bertz CT molecular complexity index is 860. The van der Waals surface area contributed by atoms with E-state index in [2.05, 4.69) is 49.0 Å². The molecule has 0 radical (unpaired) electrons. The predicted octanol–water partition coefficient (Wildman–Crippen LogP) is 4.48. The number of fused-ring (bicyclic) bond motifs is 2. The Morgan fingerprint density at radius 3 is 2.55 bits per heavy atom. The Balaban J connectivity index is 1.69. The number of hydrogen-bond acceptors (Lipinski definition) is 4. The molecule has 2 aromatic rings. The van der Waals surface area contributed by atoms with E-state index in [-0.39, 0.29) is 11.3 Å². The van der Waals surface area contributed by atoms with Gasteiger partial charge in [-0.1, -0.05) is 13.8 Å². The van der Waals surface area contributed by atoms with Crippen LogP contribution in [-0.4, -0.2) is 51.4 Å². The van der Waals surface area contributed by atoms with Gasteiger partial charge in [0.05, 0.1) is 23.5 Å². The zero-order valence-electron chi connectivity index (χ0n) is 18.4. The minimum Gasteiger partial charge on any atom is -0.332 e. The Morgan fingerprint density at radius 2 is 1.97 bits per heavy atom. The number of thiophene rings is 1. The zero-order valence-corrected chi connectivity index (χ0v) is 19.3. The molecule has 0 aliphatic carbocycles. The van der Waals surface area contributed by atoms with Crippen molar-refractivity contribution in [1.82, 2.24) is 19.4 Å². The van der Waals surface area contributed by atoms with Crippen LogP contribution in [0.2, 0.25) is 0 Å². The number of likely N-dealkylation sites (tertiary alicyclic amines) is 1. The number of rotatable bonds is 4. The first-order valence-electron chi connectivity index (χ1n) is 10.9. The van der Waals surface area contributed by atoms with Crippen LogP contribution in [0.3, 0.4) is 0 Å². The van der Waals surface area contributed by atoms with E-state index in [0.717, 1.165) is 50.4 Å². The lowest BCUT2D eigenvalue weighted by atomic mass is 9.72. The van der Waals surface area contributed by atoms with Gasteiger partial charge < -0.3 is 14.4 Å². The van der Waals surface area contributed by atoms with Crippen molar-refractivity contribution >= 4 is 17.2 Å². The number of nitrogens with zero attached hydrogens (tertiary/aromatic N) is 4. The number of aromatic nitrogens is 2. The molecule has 0 unspecified atom stereocenters. The number of carbonyl (C=O) groups excluding carboxylic acids is 1. The van der Waals surface area contributed by atoms with E-state index in [1.54, 1.807) is 11.3 Å². The fourth-order valence-electron chi connectivity index (χ4n) is 5.31. The summed E-state index contributed by atoms with van der Waals surface area (Å²) in [6.07, 6.45) is 2.16. The molecule has 2 aliphatic rings. The van der Waals surface area contributed by atoms with Gasteiger partial charge in [-0.05, 0) is 64.1 Å². The summed E-state index contributed by atoms with van der Waals surface area (Å²) in [5.41, 5.74) is 3.32. The van der Waals surface area contributed by atoms with Crippen LogP contribution >= 0.6 is 11.3 Å². The van der Waals surface area contributed by atoms with Gasteiger partial charge in [-0.2, -0.15) is 11.3 Å². The summed E-state index contributed by atoms with van der Waals surface area (Å²) in [7, 11) is 0. The van der Waals surface area contributed by atoms with Gasteiger partial charge in [-0.25, -0.2) is 4.98 Å². The molecule has 1 saturated heterocycles. The molecule has 1 spiro atoms. The highest BCUT2D eigenvalue weighted by Crippen LogP contribution is 2.43. The van der Waals surface area contributed by atoms with Crippen LogP contribution in [-0.2, 0) is 12.0 Å². The molecule has 0 atom stereocenters. The molecule has 29 heavy (non-hydrogen) atoms. The smallest absolute Gasteiger partial charge is 0.255 e. The van der Waals surface area contributed by atoms with Crippen LogP contribution in [0.15, 0.2) is 16.8 Å². The van der Waals surface area contributed by atoms with Crippen molar-refractivity contribution in [3.8, 4) is 0 Å². The van der Waals surface area contributed by atoms with Crippen LogP contribution in [0.4, 0.5) is 0 Å². The summed E-state index contributed by atoms with van der Waals surface area (Å²) in [6, 6.07) is 2.30. The minimum absolute atomic E-state index is 0.0162. The van der Waals surface area contributed by atoms with Crippen molar-refractivity contribution < 1.29 is 4.79 Å². The summed E-state index contributed by atoms with van der Waals surface area (Å²) in [5, 5.41) is 3.96. The Labute approximate surface area is 178 Å². The quantitative estimate of drug-likeness (QED) is 0.741. The Kier molecular flexibility index (Phi) is 5.60. The van der Waals surface area contributed by atoms with Crippen molar-refractivity contribution in [3.63, 3.8) is 0 Å². The number of hydrogen-bond donors (Lipinski definition) is 0. The van der Waals surface area contributed by atoms with E-state index in [1.807, 2.05) is 16.8 Å². The molecular formula is C23H34N4OS. The number of piperidine rings is 1. The van der Waals surface area contributed by atoms with Crippen molar-refractivity contribution in [2.75, 3.05) is 26.2 Å². The summed E-state index contributed by atoms with van der Waals surface area (Å²) in [6.45, 7) is 15.9. The van der Waals surface area contributed by atoms with E-state index in [0.29, 0.717) is 18.5 Å². The van der Waals surface area contributed by atoms with E-state index >= 15 is 0 Å². The van der Waals surface area contributed by atoms with Gasteiger partial charge in [-0.3, -0.25) is 4.79 Å². The predicted molar refractivity (Wildman–Crippen MR) is 119 cm³/mol. The second-order valence-electron chi connectivity index (χ2n) is 9.57. The summed E-state index contributed by atoms with van der Waals surface area (Å²) in [4.78, 5) is 23.1. The average Bonchev–Trinajstić information content (AvgIpc) is 3.30. The van der Waals surface area contributed by atoms with Crippen LogP contribution in [0.5, 0.6) is 0 Å². The second kappa shape index (κ2) is 7.88. The Morgan fingerprint density at radius 1 is 1.24 bits per heavy atom. The van der Waals surface area contributed by atoms with Gasteiger partial charge >= 0.3 is 0 Å². The van der Waals surface area contributed by atoms with E-state index < -0.39 is 0 Å². The molecule has 4 heterocycles. The molecule has 2 aromatic heterocycles. The highest BCUT2D eigenvalue weighted by molar-refractivity contribution is 7.08. The summed E-state index contributed by atoms with van der Waals surface area (Å²) in [5.74, 6) is 1.93. The van der Waals surface area contributed by atoms with E-state index in [9.17, 15) is 4.79 Å². The number of imidazole rings is 1. The van der Waals surface area contributed by atoms with E-state index in [4.69, 9.17) is 4.98 Å². The molecule has 0 aromatic carbocycles. The summed E-state index contributed by atoms with van der Waals surface area (Å²) < 4.78 is 2.35. The summed E-state index contributed by atoms with van der Waals surface area (Å²) >= 11 is 1.59. The van der Waals surface area contributed by atoms with E-state index in [1.165, 1.54) is 11.4 Å². The number of carbonyl (C=O) groups is 1. The lowest BCUT2D eigenvalue weighted by Crippen LogP contribution is -2.54. The third kappa shape index (κ3) is 3.77. The van der Waals surface area contributed by atoms with Gasteiger partial charge in [0.2, 0.25) is 0 Å². The number of amides is 1. The molecule has 4 rings (SSSR count). The standard InChI is InChI=1S/C23H34N4OS/c1-16(2)12-25-9-7-23(8-10-25)15-26(22(28)19-6-11-29-14-19)13-20-21(23)24-18(5)27(20)17(3)4/h6,11,14,16-17H,7-10,12-13,15H2,1-5H3. The monoisotopic (exact) mass is 414 g/mol. The van der Waals surface area contributed by atoms with Crippen molar-refractivity contribution in [1.29, 1.82) is 0 Å². The van der Waals surface area contributed by atoms with Gasteiger partial charge in [-0.15, -0.1) is 0 Å². The van der Waals surface area contributed by atoms with Gasteiger partial charge in [0.15, 0.2) is 0 Å². The fourth-order valence-corrected chi connectivity index (χ4v) is 5.94. The molecule has 6 heteroatoms. The lowest BCUT2D eigenvalue weighted by Gasteiger charge is -2.47. The first-order valence-corrected chi connectivity index (χ1v) is 11.9. The first-order chi connectivity index (χ1) is 13.8. The highest BCUT2D eigenvalue weighted by atomic mass is 32.1. The Hall–Kier alpha value is -1.66. The molecule has 0 N–H and O–H groups in total. The van der Waals surface area contributed by atoms with Crippen LogP contribution in [0, 0.1) is 12.8 Å². The van der Waals surface area contributed by atoms with Crippen molar-refractivity contribution in [2.45, 2.75) is 65.5 Å². The van der Waals surface area contributed by atoms with Crippen LogP contribution < -0.4 is 0 Å². The SMILES string of the molecule is Cc1nc2c(n1C(C)C)CN(C(=O)c1ccsc1)CC21CCN(CC(C)C)CC1. The third-order valence-corrected chi connectivity index (χ3v) is 7.21. The average molecular weight is 415 g/mol. The fraction of sp³-hybridized carbons (Fsp3) is 0.652. The van der Waals surface area contributed by atoms with Crippen molar-refractivity contribution in [3.05, 3.63) is 39.6 Å².